The van der Waals surface area contributed by atoms with Crippen molar-refractivity contribution >= 4 is 14.9 Å². The maximum Gasteiger partial charge on any atom is 0.192 e. The normalized spacial score (nSPS) is 11.8. The molecule has 0 N–H and O–H groups in total. The van der Waals surface area contributed by atoms with Crippen molar-refractivity contribution in [2.24, 2.45) is 0 Å². The Labute approximate surface area is 83.1 Å². The van der Waals surface area contributed by atoms with Crippen LogP contribution in [0.4, 0.5) is 0 Å². The zero-order valence-electron chi connectivity index (χ0n) is 8.92. The Morgan fingerprint density at radius 2 is 1.62 bits per heavy atom. The highest BCUT2D eigenvalue weighted by molar-refractivity contribution is 6.47. The van der Waals surface area contributed by atoms with Gasteiger partial charge in [0, 0.05) is 6.10 Å². The topological polar surface area (TPSA) is 9.23 Å². The molecule has 0 amide bonds. The van der Waals surface area contributed by atoms with Crippen LogP contribution in [0.3, 0.4) is 0 Å². The average molecular weight is 194 g/mol. The van der Waals surface area contributed by atoms with Crippen LogP contribution < -0.4 is 5.19 Å². The molecule has 0 spiro atoms. The summed E-state index contributed by atoms with van der Waals surface area (Å²) in [6, 6.07) is 6.68. The Bertz CT molecular complexity index is 261. The molecule has 1 aromatic rings. The molecule has 0 aromatic heterocycles. The van der Waals surface area contributed by atoms with E-state index in [0.717, 1.165) is 0 Å². The Morgan fingerprint density at radius 3 is 2.08 bits per heavy atom. The Balaban J connectivity index is 2.66. The van der Waals surface area contributed by atoms with Gasteiger partial charge in [-0.05, 0) is 32.9 Å². The van der Waals surface area contributed by atoms with Gasteiger partial charge in [0.25, 0.3) is 0 Å². The highest BCUT2D eigenvalue weighted by atomic mass is 28.2. The van der Waals surface area contributed by atoms with E-state index < -0.39 is 9.76 Å². The van der Waals surface area contributed by atoms with E-state index in [0.29, 0.717) is 6.10 Å². The van der Waals surface area contributed by atoms with Gasteiger partial charge in [-0.1, -0.05) is 29.3 Å². The van der Waals surface area contributed by atoms with Crippen molar-refractivity contribution < 1.29 is 4.43 Å². The van der Waals surface area contributed by atoms with E-state index in [9.17, 15) is 0 Å². The van der Waals surface area contributed by atoms with E-state index in [1.165, 1.54) is 16.3 Å². The first-order valence-corrected chi connectivity index (χ1v) is 6.05. The number of aryl methyl sites for hydroxylation is 2. The highest BCUT2D eigenvalue weighted by Crippen LogP contribution is 2.00. The Kier molecular flexibility index (Phi) is 3.69. The smallest absolute Gasteiger partial charge is 0.192 e. The van der Waals surface area contributed by atoms with Gasteiger partial charge < -0.3 is 4.43 Å². The van der Waals surface area contributed by atoms with Gasteiger partial charge in [0.15, 0.2) is 9.76 Å². The van der Waals surface area contributed by atoms with Crippen LogP contribution in [-0.4, -0.2) is 15.9 Å². The van der Waals surface area contributed by atoms with Gasteiger partial charge in [-0.15, -0.1) is 0 Å². The Morgan fingerprint density at radius 1 is 1.08 bits per heavy atom. The third kappa shape index (κ3) is 3.74. The molecule has 0 saturated heterocycles. The molecule has 0 saturated carbocycles. The lowest BCUT2D eigenvalue weighted by molar-refractivity contribution is 0.260. The van der Waals surface area contributed by atoms with Gasteiger partial charge in [0.2, 0.25) is 0 Å². The summed E-state index contributed by atoms with van der Waals surface area (Å²) in [5.74, 6) is 0. The molecule has 0 heterocycles. The summed E-state index contributed by atoms with van der Waals surface area (Å²) in [6.07, 6.45) is 0.368. The maximum atomic E-state index is 5.68. The quantitative estimate of drug-likeness (QED) is 0.662. The molecular formula is C11H18OSi. The minimum absolute atomic E-state index is 0.368. The van der Waals surface area contributed by atoms with E-state index in [1.54, 1.807) is 0 Å². The first-order chi connectivity index (χ1) is 6.08. The van der Waals surface area contributed by atoms with Crippen molar-refractivity contribution in [3.63, 3.8) is 0 Å². The van der Waals surface area contributed by atoms with Crippen LogP contribution in [0.2, 0.25) is 0 Å². The van der Waals surface area contributed by atoms with E-state index in [4.69, 9.17) is 4.43 Å². The lowest BCUT2D eigenvalue weighted by atomic mass is 10.2. The molecule has 0 unspecified atom stereocenters. The number of hydrogen-bond acceptors (Lipinski definition) is 1. The van der Waals surface area contributed by atoms with Gasteiger partial charge in [0.05, 0.1) is 0 Å². The molecule has 13 heavy (non-hydrogen) atoms. The van der Waals surface area contributed by atoms with Crippen LogP contribution in [-0.2, 0) is 4.43 Å². The number of benzene rings is 1. The van der Waals surface area contributed by atoms with Crippen molar-refractivity contribution in [2.75, 3.05) is 0 Å². The summed E-state index contributed by atoms with van der Waals surface area (Å²) in [6.45, 7) is 8.46. The number of hydrogen-bond donors (Lipinski definition) is 0. The van der Waals surface area contributed by atoms with Gasteiger partial charge >= 0.3 is 0 Å². The summed E-state index contributed by atoms with van der Waals surface area (Å²) >= 11 is 0. The first-order valence-electron chi connectivity index (χ1n) is 4.76. The fourth-order valence-electron chi connectivity index (χ4n) is 1.42. The molecular weight excluding hydrogens is 176 g/mol. The van der Waals surface area contributed by atoms with Gasteiger partial charge in [0.1, 0.15) is 0 Å². The second kappa shape index (κ2) is 4.58. The first kappa shape index (κ1) is 10.5. The molecule has 1 rings (SSSR count). The van der Waals surface area contributed by atoms with Crippen LogP contribution in [0.1, 0.15) is 25.0 Å². The zero-order valence-corrected chi connectivity index (χ0v) is 10.3. The highest BCUT2D eigenvalue weighted by Gasteiger charge is 1.98. The van der Waals surface area contributed by atoms with Crippen LogP contribution >= 0.6 is 0 Å². The van der Waals surface area contributed by atoms with E-state index in [2.05, 4.69) is 45.9 Å². The maximum absolute atomic E-state index is 5.68. The monoisotopic (exact) mass is 194 g/mol. The van der Waals surface area contributed by atoms with Gasteiger partial charge in [-0.2, -0.15) is 0 Å². The van der Waals surface area contributed by atoms with Crippen LogP contribution in [0.15, 0.2) is 18.2 Å². The van der Waals surface area contributed by atoms with Crippen LogP contribution in [0.5, 0.6) is 0 Å². The SMILES string of the molecule is Cc1cc(C)cc([SiH2]OC(C)C)c1. The van der Waals surface area contributed by atoms with Crippen molar-refractivity contribution in [3.05, 3.63) is 29.3 Å². The van der Waals surface area contributed by atoms with Crippen LogP contribution in [0, 0.1) is 13.8 Å². The minimum Gasteiger partial charge on any atom is -0.416 e. The predicted octanol–water partition coefficient (Wildman–Crippen LogP) is 1.44. The summed E-state index contributed by atoms with van der Waals surface area (Å²) in [7, 11) is -0.502. The van der Waals surface area contributed by atoms with Crippen molar-refractivity contribution in [3.8, 4) is 0 Å². The molecule has 0 aliphatic carbocycles. The molecule has 72 valence electrons. The van der Waals surface area contributed by atoms with E-state index in [1.807, 2.05) is 0 Å². The fourth-order valence-corrected chi connectivity index (χ4v) is 2.75. The third-order valence-electron chi connectivity index (χ3n) is 1.86. The lowest BCUT2D eigenvalue weighted by Crippen LogP contribution is -2.21. The lowest BCUT2D eigenvalue weighted by Gasteiger charge is -2.08. The minimum atomic E-state index is -0.502. The molecule has 0 atom stereocenters. The standard InChI is InChI=1S/C11H18OSi/c1-8(2)12-13-11-6-9(3)5-10(4)7-11/h5-8H,13H2,1-4H3. The largest absolute Gasteiger partial charge is 0.416 e. The van der Waals surface area contributed by atoms with Gasteiger partial charge in [-0.3, -0.25) is 0 Å². The molecule has 2 heteroatoms. The number of rotatable bonds is 3. The second-order valence-electron chi connectivity index (χ2n) is 3.86. The molecule has 0 aliphatic rings. The summed E-state index contributed by atoms with van der Waals surface area (Å²) in [5, 5.41) is 1.41. The van der Waals surface area contributed by atoms with Crippen molar-refractivity contribution in [1.82, 2.24) is 0 Å². The summed E-state index contributed by atoms with van der Waals surface area (Å²) < 4.78 is 5.68. The third-order valence-corrected chi connectivity index (χ3v) is 3.44. The predicted molar refractivity (Wildman–Crippen MR) is 60.3 cm³/mol. The summed E-state index contributed by atoms with van der Waals surface area (Å²) in [5.41, 5.74) is 2.68. The van der Waals surface area contributed by atoms with Gasteiger partial charge in [-0.25, -0.2) is 0 Å². The zero-order chi connectivity index (χ0) is 9.84. The van der Waals surface area contributed by atoms with E-state index >= 15 is 0 Å². The van der Waals surface area contributed by atoms with Crippen LogP contribution in [0.25, 0.3) is 0 Å². The molecule has 0 radical (unpaired) electrons. The average Bonchev–Trinajstić information content (AvgIpc) is 1.99. The molecule has 0 fully saturated rings. The van der Waals surface area contributed by atoms with Crippen molar-refractivity contribution in [1.29, 1.82) is 0 Å². The summed E-state index contributed by atoms with van der Waals surface area (Å²) in [4.78, 5) is 0. The second-order valence-corrected chi connectivity index (χ2v) is 5.29. The van der Waals surface area contributed by atoms with E-state index in [-0.39, 0.29) is 0 Å². The Hall–Kier alpha value is -0.603. The molecule has 0 bridgehead atoms. The molecule has 0 aliphatic heterocycles. The van der Waals surface area contributed by atoms with Crippen molar-refractivity contribution in [2.45, 2.75) is 33.8 Å². The molecule has 1 nitrogen and oxygen atoms in total. The fraction of sp³-hybridized carbons (Fsp3) is 0.455. The molecule has 1 aromatic carbocycles.